The van der Waals surface area contributed by atoms with Crippen LogP contribution < -0.4 is 10.2 Å². The van der Waals surface area contributed by atoms with Crippen molar-refractivity contribution in [2.45, 2.75) is 38.6 Å². The summed E-state index contributed by atoms with van der Waals surface area (Å²) in [5.74, 6) is 2.17. The van der Waals surface area contributed by atoms with E-state index in [1.54, 1.807) is 0 Å². The summed E-state index contributed by atoms with van der Waals surface area (Å²) in [4.78, 5) is 9.78. The van der Waals surface area contributed by atoms with Gasteiger partial charge in [0.1, 0.15) is 17.5 Å². The number of piperidine rings is 2. The number of nitrogens with one attached hydrogen (secondary N) is 1. The molecular weight excluding hydrogens is 454 g/mol. The number of nitriles is 1. The zero-order valence-corrected chi connectivity index (χ0v) is 21.3. The quantitative estimate of drug-likeness (QED) is 0.441. The highest BCUT2D eigenvalue weighted by molar-refractivity contribution is 6.30. The van der Waals surface area contributed by atoms with E-state index in [1.807, 2.05) is 36.4 Å². The molecule has 5 nitrogen and oxygen atoms in total. The monoisotopic (exact) mass is 487 g/mol. The van der Waals surface area contributed by atoms with Gasteiger partial charge >= 0.3 is 0 Å². The summed E-state index contributed by atoms with van der Waals surface area (Å²) in [7, 11) is 2.23. The van der Waals surface area contributed by atoms with Crippen LogP contribution in [-0.4, -0.2) is 43.1 Å². The largest absolute Gasteiger partial charge is 0.370 e. The molecule has 1 unspecified atom stereocenters. The van der Waals surface area contributed by atoms with E-state index in [-0.39, 0.29) is 0 Å². The van der Waals surface area contributed by atoms with Crippen LogP contribution in [0, 0.1) is 23.2 Å². The Morgan fingerprint density at radius 2 is 1.80 bits per heavy atom. The predicted octanol–water partition coefficient (Wildman–Crippen LogP) is 6.32. The molecule has 2 aliphatic heterocycles. The topological polar surface area (TPSA) is 55.2 Å². The molecule has 1 aromatic heterocycles. The molecule has 0 aliphatic carbocycles. The molecular formula is C29H34ClN5. The van der Waals surface area contributed by atoms with Crippen LogP contribution in [0.25, 0.3) is 10.9 Å². The van der Waals surface area contributed by atoms with Crippen LogP contribution in [0.4, 0.5) is 11.5 Å². The summed E-state index contributed by atoms with van der Waals surface area (Å²) in [5.41, 5.74) is 3.73. The first-order valence-electron chi connectivity index (χ1n) is 12.9. The zero-order chi connectivity index (χ0) is 24.2. The average molecular weight is 488 g/mol. The Hall–Kier alpha value is -2.81. The molecule has 3 aromatic rings. The standard InChI is InChI=1S/C29H34ClN5/c1-34-15-12-21(13-16-34)17-23-5-4-14-35(20-23)28-25-6-2-3-7-27(25)33-29(26(28)18-31)32-19-22-8-10-24(30)11-9-22/h2-3,6-11,21,23H,4-5,12-17,19-20H2,1H3,(H,32,33). The number of likely N-dealkylation sites (tertiary alicyclic amines) is 1. The molecule has 0 radical (unpaired) electrons. The highest BCUT2D eigenvalue weighted by Gasteiger charge is 2.28. The molecule has 0 saturated carbocycles. The van der Waals surface area contributed by atoms with Gasteiger partial charge in [0.25, 0.3) is 0 Å². The van der Waals surface area contributed by atoms with Crippen molar-refractivity contribution in [2.24, 2.45) is 11.8 Å². The lowest BCUT2D eigenvalue weighted by atomic mass is 9.83. The molecule has 1 N–H and O–H groups in total. The van der Waals surface area contributed by atoms with Gasteiger partial charge in [0.2, 0.25) is 0 Å². The average Bonchev–Trinajstić information content (AvgIpc) is 2.89. The molecule has 5 rings (SSSR count). The van der Waals surface area contributed by atoms with Crippen molar-refractivity contribution in [1.82, 2.24) is 9.88 Å². The molecule has 2 fully saturated rings. The summed E-state index contributed by atoms with van der Waals surface area (Å²) >= 11 is 6.04. The van der Waals surface area contributed by atoms with E-state index >= 15 is 0 Å². The van der Waals surface area contributed by atoms with Crippen LogP contribution in [0.5, 0.6) is 0 Å². The van der Waals surface area contributed by atoms with Gasteiger partial charge in [-0.05, 0) is 87.8 Å². The molecule has 0 spiro atoms. The minimum atomic E-state index is 0.593. The van der Waals surface area contributed by atoms with Crippen LogP contribution in [0.15, 0.2) is 48.5 Å². The maximum Gasteiger partial charge on any atom is 0.147 e. The minimum absolute atomic E-state index is 0.593. The lowest BCUT2D eigenvalue weighted by Gasteiger charge is -2.38. The van der Waals surface area contributed by atoms with Crippen molar-refractivity contribution in [2.75, 3.05) is 43.4 Å². The number of benzene rings is 2. The van der Waals surface area contributed by atoms with E-state index in [0.717, 1.165) is 46.2 Å². The van der Waals surface area contributed by atoms with E-state index in [9.17, 15) is 5.26 Å². The van der Waals surface area contributed by atoms with Crippen molar-refractivity contribution in [3.63, 3.8) is 0 Å². The van der Waals surface area contributed by atoms with E-state index in [0.29, 0.717) is 23.8 Å². The minimum Gasteiger partial charge on any atom is -0.370 e. The van der Waals surface area contributed by atoms with Gasteiger partial charge in [-0.15, -0.1) is 0 Å². The number of fused-ring (bicyclic) bond motifs is 1. The second kappa shape index (κ2) is 10.8. The Balaban J connectivity index is 1.41. The first kappa shape index (κ1) is 23.9. The van der Waals surface area contributed by atoms with Gasteiger partial charge in [-0.25, -0.2) is 4.98 Å². The second-order valence-corrected chi connectivity index (χ2v) is 10.7. The molecule has 6 heteroatoms. The Morgan fingerprint density at radius 3 is 2.57 bits per heavy atom. The van der Waals surface area contributed by atoms with Crippen molar-refractivity contribution in [3.8, 4) is 6.07 Å². The molecule has 0 amide bonds. The summed E-state index contributed by atoms with van der Waals surface area (Å²) < 4.78 is 0. The molecule has 1 atom stereocenters. The maximum absolute atomic E-state index is 10.3. The van der Waals surface area contributed by atoms with Crippen LogP contribution in [-0.2, 0) is 6.54 Å². The molecule has 0 bridgehead atoms. The molecule has 2 aliphatic rings. The molecule has 2 aromatic carbocycles. The van der Waals surface area contributed by atoms with Crippen LogP contribution in [0.2, 0.25) is 5.02 Å². The SMILES string of the molecule is CN1CCC(CC2CCCN(c3c(C#N)c(NCc4ccc(Cl)cc4)nc4ccccc34)C2)CC1. The first-order chi connectivity index (χ1) is 17.1. The fraction of sp³-hybridized carbons (Fsp3) is 0.448. The van der Waals surface area contributed by atoms with Crippen molar-refractivity contribution in [1.29, 1.82) is 5.26 Å². The molecule has 182 valence electrons. The van der Waals surface area contributed by atoms with Crippen LogP contribution >= 0.6 is 11.6 Å². The van der Waals surface area contributed by atoms with Crippen LogP contribution in [0.1, 0.15) is 43.2 Å². The van der Waals surface area contributed by atoms with E-state index in [2.05, 4.69) is 40.4 Å². The van der Waals surface area contributed by atoms with Gasteiger partial charge < -0.3 is 15.1 Å². The summed E-state index contributed by atoms with van der Waals surface area (Å²) in [6.07, 6.45) is 6.39. The Bertz CT molecular complexity index is 1190. The van der Waals surface area contributed by atoms with Gasteiger partial charge in [-0.1, -0.05) is 41.9 Å². The third-order valence-corrected chi connectivity index (χ3v) is 7.94. The number of pyridine rings is 1. The van der Waals surface area contributed by atoms with E-state index < -0.39 is 0 Å². The number of halogens is 1. The number of nitrogens with zero attached hydrogens (tertiary/aromatic N) is 4. The summed E-state index contributed by atoms with van der Waals surface area (Å²) in [6.45, 7) is 5.04. The van der Waals surface area contributed by atoms with Crippen molar-refractivity contribution in [3.05, 3.63) is 64.7 Å². The lowest BCUT2D eigenvalue weighted by molar-refractivity contribution is 0.189. The zero-order valence-electron chi connectivity index (χ0n) is 20.5. The van der Waals surface area contributed by atoms with Gasteiger partial charge in [0.15, 0.2) is 0 Å². The number of aromatic nitrogens is 1. The fourth-order valence-corrected chi connectivity index (χ4v) is 5.90. The Kier molecular flexibility index (Phi) is 7.41. The predicted molar refractivity (Wildman–Crippen MR) is 145 cm³/mol. The van der Waals surface area contributed by atoms with Gasteiger partial charge in [-0.3, -0.25) is 0 Å². The maximum atomic E-state index is 10.3. The number of hydrogen-bond acceptors (Lipinski definition) is 5. The molecule has 3 heterocycles. The number of para-hydroxylation sites is 1. The molecule has 2 saturated heterocycles. The summed E-state index contributed by atoms with van der Waals surface area (Å²) in [5, 5.41) is 15.5. The number of hydrogen-bond donors (Lipinski definition) is 1. The Labute approximate surface area is 213 Å². The third kappa shape index (κ3) is 5.55. The smallest absolute Gasteiger partial charge is 0.147 e. The van der Waals surface area contributed by atoms with Crippen molar-refractivity contribution < 1.29 is 0 Å². The van der Waals surface area contributed by atoms with Gasteiger partial charge in [0.05, 0.1) is 11.2 Å². The third-order valence-electron chi connectivity index (χ3n) is 7.69. The normalized spacial score (nSPS) is 19.6. The second-order valence-electron chi connectivity index (χ2n) is 10.2. The van der Waals surface area contributed by atoms with E-state index in [4.69, 9.17) is 16.6 Å². The van der Waals surface area contributed by atoms with Gasteiger partial charge in [0, 0.05) is 30.0 Å². The molecule has 35 heavy (non-hydrogen) atoms. The number of rotatable bonds is 6. The highest BCUT2D eigenvalue weighted by atomic mass is 35.5. The highest BCUT2D eigenvalue weighted by Crippen LogP contribution is 2.38. The van der Waals surface area contributed by atoms with E-state index in [1.165, 1.54) is 45.2 Å². The Morgan fingerprint density at radius 1 is 1.03 bits per heavy atom. The summed E-state index contributed by atoms with van der Waals surface area (Å²) in [6, 6.07) is 18.5. The van der Waals surface area contributed by atoms with Gasteiger partial charge in [-0.2, -0.15) is 5.26 Å². The fourth-order valence-electron chi connectivity index (χ4n) is 5.77. The van der Waals surface area contributed by atoms with Crippen molar-refractivity contribution >= 4 is 34.0 Å². The lowest BCUT2D eigenvalue weighted by Crippen LogP contribution is -2.38. The number of anilines is 2. The van der Waals surface area contributed by atoms with Crippen LogP contribution in [0.3, 0.4) is 0 Å². The first-order valence-corrected chi connectivity index (χ1v) is 13.2.